The Balaban J connectivity index is 2.41. The van der Waals surface area contributed by atoms with E-state index in [4.69, 9.17) is 10.2 Å². The van der Waals surface area contributed by atoms with Crippen molar-refractivity contribution in [3.63, 3.8) is 0 Å². The second-order valence-electron chi connectivity index (χ2n) is 3.24. The number of aryl methyl sites for hydroxylation is 1. The van der Waals surface area contributed by atoms with Crippen LogP contribution in [0.15, 0.2) is 21.0 Å². The molecule has 0 unspecified atom stereocenters. The molecule has 0 atom stereocenters. The number of nitrogens with zero attached hydrogens (tertiary/aromatic N) is 1. The molecule has 2 N–H and O–H groups in total. The van der Waals surface area contributed by atoms with Gasteiger partial charge in [0, 0.05) is 10.9 Å². The Morgan fingerprint density at radius 3 is 3.00 bits per heavy atom. The fourth-order valence-corrected chi connectivity index (χ4v) is 1.78. The SMILES string of the molecule is NCCCc1nc2cc(Br)cc(F)c2o1. The van der Waals surface area contributed by atoms with E-state index in [0.29, 0.717) is 28.8 Å². The lowest BCUT2D eigenvalue weighted by Crippen LogP contribution is -2.00. The number of halogens is 2. The summed E-state index contributed by atoms with van der Waals surface area (Å²) in [4.78, 5) is 4.18. The van der Waals surface area contributed by atoms with Crippen molar-refractivity contribution in [1.82, 2.24) is 4.98 Å². The molecule has 2 rings (SSSR count). The van der Waals surface area contributed by atoms with Crippen LogP contribution in [0.3, 0.4) is 0 Å². The van der Waals surface area contributed by atoms with Crippen LogP contribution < -0.4 is 5.73 Å². The van der Waals surface area contributed by atoms with E-state index in [9.17, 15) is 4.39 Å². The summed E-state index contributed by atoms with van der Waals surface area (Å²) in [5.41, 5.74) is 6.12. The molecule has 1 aromatic heterocycles. The van der Waals surface area contributed by atoms with Crippen molar-refractivity contribution in [2.75, 3.05) is 6.54 Å². The fraction of sp³-hybridized carbons (Fsp3) is 0.300. The van der Waals surface area contributed by atoms with Gasteiger partial charge in [0.25, 0.3) is 0 Å². The first-order valence-corrected chi connectivity index (χ1v) is 5.44. The summed E-state index contributed by atoms with van der Waals surface area (Å²) in [7, 11) is 0. The number of hydrogen-bond acceptors (Lipinski definition) is 3. The quantitative estimate of drug-likeness (QED) is 0.935. The lowest BCUT2D eigenvalue weighted by molar-refractivity contribution is 0.500. The largest absolute Gasteiger partial charge is 0.438 e. The van der Waals surface area contributed by atoms with Crippen LogP contribution in [-0.4, -0.2) is 11.5 Å². The Hall–Kier alpha value is -0.940. The topological polar surface area (TPSA) is 52.0 Å². The number of aromatic nitrogens is 1. The number of fused-ring (bicyclic) bond motifs is 1. The van der Waals surface area contributed by atoms with Crippen LogP contribution in [0.4, 0.5) is 4.39 Å². The van der Waals surface area contributed by atoms with Crippen molar-refractivity contribution >= 4 is 27.0 Å². The molecular weight excluding hydrogens is 263 g/mol. The van der Waals surface area contributed by atoms with Crippen molar-refractivity contribution in [2.24, 2.45) is 5.73 Å². The van der Waals surface area contributed by atoms with Gasteiger partial charge in [-0.05, 0) is 25.1 Å². The lowest BCUT2D eigenvalue weighted by Gasteiger charge is -1.91. The number of rotatable bonds is 3. The Morgan fingerprint density at radius 1 is 1.47 bits per heavy atom. The van der Waals surface area contributed by atoms with Gasteiger partial charge in [-0.25, -0.2) is 9.37 Å². The minimum absolute atomic E-state index is 0.213. The Morgan fingerprint density at radius 2 is 2.27 bits per heavy atom. The second-order valence-corrected chi connectivity index (χ2v) is 4.15. The minimum Gasteiger partial charge on any atom is -0.438 e. The van der Waals surface area contributed by atoms with Crippen LogP contribution in [0.2, 0.25) is 0 Å². The number of benzene rings is 1. The van der Waals surface area contributed by atoms with Gasteiger partial charge >= 0.3 is 0 Å². The van der Waals surface area contributed by atoms with E-state index in [0.717, 1.165) is 6.42 Å². The van der Waals surface area contributed by atoms with E-state index in [1.807, 2.05) is 0 Å². The standard InChI is InChI=1S/C10H10BrFN2O/c11-6-4-7(12)10-8(5-6)14-9(15-10)2-1-3-13/h4-5H,1-3,13H2. The molecule has 0 spiro atoms. The van der Waals surface area contributed by atoms with Gasteiger partial charge in [0.1, 0.15) is 5.52 Å². The van der Waals surface area contributed by atoms with E-state index in [2.05, 4.69) is 20.9 Å². The second kappa shape index (κ2) is 4.28. The highest BCUT2D eigenvalue weighted by molar-refractivity contribution is 9.10. The average Bonchev–Trinajstić information content (AvgIpc) is 2.57. The van der Waals surface area contributed by atoms with E-state index >= 15 is 0 Å². The number of oxazole rings is 1. The van der Waals surface area contributed by atoms with Crippen molar-refractivity contribution in [2.45, 2.75) is 12.8 Å². The summed E-state index contributed by atoms with van der Waals surface area (Å²) in [6, 6.07) is 3.09. The van der Waals surface area contributed by atoms with Gasteiger partial charge in [-0.1, -0.05) is 15.9 Å². The highest BCUT2D eigenvalue weighted by Crippen LogP contribution is 2.24. The van der Waals surface area contributed by atoms with Gasteiger partial charge in [-0.3, -0.25) is 0 Å². The zero-order chi connectivity index (χ0) is 10.8. The predicted molar refractivity (Wildman–Crippen MR) is 59.0 cm³/mol. The first-order chi connectivity index (χ1) is 7.20. The normalized spacial score (nSPS) is 11.1. The van der Waals surface area contributed by atoms with Gasteiger partial charge in [0.2, 0.25) is 0 Å². The first-order valence-electron chi connectivity index (χ1n) is 4.65. The maximum absolute atomic E-state index is 13.4. The fourth-order valence-electron chi connectivity index (χ4n) is 1.37. The molecule has 0 bridgehead atoms. The number of hydrogen-bond donors (Lipinski definition) is 1. The zero-order valence-electron chi connectivity index (χ0n) is 7.96. The van der Waals surface area contributed by atoms with Crippen molar-refractivity contribution in [3.8, 4) is 0 Å². The predicted octanol–water partition coefficient (Wildman–Crippen LogP) is 2.62. The van der Waals surface area contributed by atoms with E-state index in [1.165, 1.54) is 6.07 Å². The first kappa shape index (κ1) is 10.6. The smallest absolute Gasteiger partial charge is 0.195 e. The Bertz CT molecular complexity index is 483. The Labute approximate surface area is 94.6 Å². The molecule has 0 saturated heterocycles. The van der Waals surface area contributed by atoms with Crippen LogP contribution in [-0.2, 0) is 6.42 Å². The summed E-state index contributed by atoms with van der Waals surface area (Å²) >= 11 is 3.20. The summed E-state index contributed by atoms with van der Waals surface area (Å²) in [6.07, 6.45) is 1.43. The summed E-state index contributed by atoms with van der Waals surface area (Å²) < 4.78 is 19.3. The van der Waals surface area contributed by atoms with Crippen LogP contribution in [0.5, 0.6) is 0 Å². The molecule has 5 heteroatoms. The van der Waals surface area contributed by atoms with Gasteiger partial charge < -0.3 is 10.2 Å². The molecule has 0 radical (unpaired) electrons. The molecule has 0 aliphatic carbocycles. The third kappa shape index (κ3) is 2.18. The average molecular weight is 273 g/mol. The Kier molecular flexibility index (Phi) is 3.02. The van der Waals surface area contributed by atoms with Crippen LogP contribution in [0.25, 0.3) is 11.1 Å². The van der Waals surface area contributed by atoms with Crippen molar-refractivity contribution in [1.29, 1.82) is 0 Å². The zero-order valence-corrected chi connectivity index (χ0v) is 9.55. The van der Waals surface area contributed by atoms with E-state index in [1.54, 1.807) is 6.07 Å². The highest BCUT2D eigenvalue weighted by Gasteiger charge is 2.10. The molecule has 1 heterocycles. The molecule has 0 saturated carbocycles. The molecule has 2 aromatic rings. The van der Waals surface area contributed by atoms with Gasteiger partial charge in [0.15, 0.2) is 17.3 Å². The third-order valence-corrected chi connectivity index (χ3v) is 2.51. The van der Waals surface area contributed by atoms with Crippen LogP contribution in [0.1, 0.15) is 12.3 Å². The molecule has 0 fully saturated rings. The van der Waals surface area contributed by atoms with Crippen molar-refractivity contribution in [3.05, 3.63) is 28.3 Å². The molecule has 15 heavy (non-hydrogen) atoms. The summed E-state index contributed by atoms with van der Waals surface area (Å²) in [5.74, 6) is 0.137. The highest BCUT2D eigenvalue weighted by atomic mass is 79.9. The van der Waals surface area contributed by atoms with Crippen molar-refractivity contribution < 1.29 is 8.81 Å². The summed E-state index contributed by atoms with van der Waals surface area (Å²) in [5, 5.41) is 0. The lowest BCUT2D eigenvalue weighted by atomic mass is 10.3. The molecule has 0 aliphatic rings. The van der Waals surface area contributed by atoms with E-state index < -0.39 is 5.82 Å². The van der Waals surface area contributed by atoms with Gasteiger partial charge in [0.05, 0.1) is 0 Å². The molecule has 3 nitrogen and oxygen atoms in total. The van der Waals surface area contributed by atoms with Gasteiger partial charge in [-0.15, -0.1) is 0 Å². The molecule has 0 amide bonds. The molecule has 0 aliphatic heterocycles. The number of nitrogens with two attached hydrogens (primary N) is 1. The minimum atomic E-state index is -0.397. The third-order valence-electron chi connectivity index (χ3n) is 2.05. The molecular formula is C10H10BrFN2O. The monoisotopic (exact) mass is 272 g/mol. The maximum Gasteiger partial charge on any atom is 0.195 e. The van der Waals surface area contributed by atoms with Crippen LogP contribution in [0, 0.1) is 5.82 Å². The summed E-state index contributed by atoms with van der Waals surface area (Å²) in [6.45, 7) is 0.574. The van der Waals surface area contributed by atoms with E-state index in [-0.39, 0.29) is 5.58 Å². The van der Waals surface area contributed by atoms with Crippen LogP contribution >= 0.6 is 15.9 Å². The maximum atomic E-state index is 13.4. The molecule has 1 aromatic carbocycles. The molecule has 80 valence electrons. The van der Waals surface area contributed by atoms with Gasteiger partial charge in [-0.2, -0.15) is 0 Å².